The van der Waals surface area contributed by atoms with Crippen LogP contribution >= 0.6 is 11.6 Å². The molecular weight excluding hydrogens is 613 g/mol. The molecule has 0 aliphatic heterocycles. The molecule has 0 bridgehead atoms. The number of rotatable bonds is 12. The number of hydrogen-bond acceptors (Lipinski definition) is 4. The van der Waals surface area contributed by atoms with Crippen LogP contribution in [0.5, 0.6) is 5.75 Å². The first-order chi connectivity index (χ1) is 21.8. The van der Waals surface area contributed by atoms with Crippen molar-refractivity contribution in [2.75, 3.05) is 25.0 Å². The smallest absolute Gasteiger partial charge is 0.417 e. The summed E-state index contributed by atoms with van der Waals surface area (Å²) >= 11 is 6.35. The summed E-state index contributed by atoms with van der Waals surface area (Å²) in [6, 6.07) is 29.6. The Morgan fingerprint density at radius 3 is 2.11 bits per heavy atom. The van der Waals surface area contributed by atoms with E-state index >= 15 is 0 Å². The van der Waals surface area contributed by atoms with E-state index in [4.69, 9.17) is 21.1 Å². The molecule has 244 valence electrons. The topological polar surface area (TPSA) is 50.8 Å². The monoisotopic (exact) mass is 652 g/mol. The number of amides is 1. The number of carbonyl (C=O) groups is 1. The number of ether oxygens (including phenoxy) is 2. The van der Waals surface area contributed by atoms with Crippen LogP contribution < -0.4 is 10.1 Å². The third-order valence-corrected chi connectivity index (χ3v) is 7.72. The number of halogens is 4. The Kier molecular flexibility index (Phi) is 11.8. The van der Waals surface area contributed by atoms with Gasteiger partial charge in [-0.2, -0.15) is 13.2 Å². The zero-order valence-corrected chi connectivity index (χ0v) is 27.3. The van der Waals surface area contributed by atoms with Gasteiger partial charge in [0.15, 0.2) is 0 Å². The van der Waals surface area contributed by atoms with Crippen LogP contribution in [0, 0.1) is 6.92 Å². The van der Waals surface area contributed by atoms with Crippen molar-refractivity contribution in [3.8, 4) is 5.75 Å². The minimum Gasteiger partial charge on any atom is -0.491 e. The van der Waals surface area contributed by atoms with Gasteiger partial charge in [0.1, 0.15) is 11.4 Å². The summed E-state index contributed by atoms with van der Waals surface area (Å²) in [6.07, 6.45) is -4.58. The van der Waals surface area contributed by atoms with Gasteiger partial charge in [0.25, 0.3) is 0 Å². The minimum absolute atomic E-state index is 0.0331. The number of hydrogen-bond donors (Lipinski definition) is 1. The van der Waals surface area contributed by atoms with Gasteiger partial charge in [-0.25, -0.2) is 4.79 Å². The van der Waals surface area contributed by atoms with E-state index in [-0.39, 0.29) is 17.5 Å². The third kappa shape index (κ3) is 10.3. The van der Waals surface area contributed by atoms with Crippen molar-refractivity contribution in [2.45, 2.75) is 58.4 Å². The fourth-order valence-electron chi connectivity index (χ4n) is 5.16. The second-order valence-corrected chi connectivity index (χ2v) is 12.6. The molecule has 4 rings (SSSR count). The molecule has 0 saturated carbocycles. The van der Waals surface area contributed by atoms with Crippen LogP contribution in [-0.2, 0) is 17.5 Å². The second kappa shape index (κ2) is 15.5. The molecule has 0 aromatic heterocycles. The van der Waals surface area contributed by atoms with Crippen molar-refractivity contribution in [1.29, 1.82) is 0 Å². The molecule has 4 aromatic rings. The summed E-state index contributed by atoms with van der Waals surface area (Å²) in [5.41, 5.74) is 2.55. The van der Waals surface area contributed by atoms with Gasteiger partial charge in [0.05, 0.1) is 22.9 Å². The minimum atomic E-state index is -4.55. The van der Waals surface area contributed by atoms with E-state index < -0.39 is 23.4 Å². The van der Waals surface area contributed by atoms with E-state index in [1.54, 1.807) is 32.9 Å². The number of alkyl halides is 3. The highest BCUT2D eigenvalue weighted by Gasteiger charge is 2.34. The van der Waals surface area contributed by atoms with Crippen molar-refractivity contribution < 1.29 is 27.4 Å². The van der Waals surface area contributed by atoms with Crippen LogP contribution in [-0.4, -0.2) is 36.3 Å². The number of aryl methyl sites for hydroxylation is 1. The number of anilines is 1. The van der Waals surface area contributed by atoms with Crippen LogP contribution in [0.4, 0.5) is 23.7 Å². The average molecular weight is 653 g/mol. The maximum atomic E-state index is 13.7. The van der Waals surface area contributed by atoms with Gasteiger partial charge < -0.3 is 9.47 Å². The Hall–Kier alpha value is -4.01. The largest absolute Gasteiger partial charge is 0.491 e. The molecule has 0 spiro atoms. The van der Waals surface area contributed by atoms with Gasteiger partial charge in [-0.1, -0.05) is 90.5 Å². The molecule has 9 heteroatoms. The normalized spacial score (nSPS) is 12.0. The molecule has 0 heterocycles. The predicted molar refractivity (Wildman–Crippen MR) is 178 cm³/mol. The zero-order chi connectivity index (χ0) is 33.3. The van der Waals surface area contributed by atoms with Gasteiger partial charge in [-0.15, -0.1) is 0 Å². The van der Waals surface area contributed by atoms with E-state index in [0.29, 0.717) is 43.1 Å². The predicted octanol–water partition coefficient (Wildman–Crippen LogP) is 10.1. The molecule has 0 fully saturated rings. The summed E-state index contributed by atoms with van der Waals surface area (Å²) in [6.45, 7) is 8.88. The lowest BCUT2D eigenvalue weighted by Crippen LogP contribution is -2.31. The molecule has 0 aliphatic rings. The third-order valence-electron chi connectivity index (χ3n) is 7.27. The average Bonchev–Trinajstić information content (AvgIpc) is 2.99. The molecule has 46 heavy (non-hydrogen) atoms. The highest BCUT2D eigenvalue weighted by molar-refractivity contribution is 6.32. The summed E-state index contributed by atoms with van der Waals surface area (Å²) in [4.78, 5) is 14.5. The second-order valence-electron chi connectivity index (χ2n) is 12.2. The van der Waals surface area contributed by atoms with Crippen LogP contribution in [0.25, 0.3) is 0 Å². The molecule has 5 nitrogen and oxygen atoms in total. The first-order valence-electron chi connectivity index (χ1n) is 15.2. The van der Waals surface area contributed by atoms with Crippen LogP contribution in [0.15, 0.2) is 97.1 Å². The van der Waals surface area contributed by atoms with E-state index in [9.17, 15) is 18.0 Å². The number of nitrogens with zero attached hydrogens (tertiary/aromatic N) is 1. The lowest BCUT2D eigenvalue weighted by molar-refractivity contribution is -0.137. The van der Waals surface area contributed by atoms with Gasteiger partial charge >= 0.3 is 12.3 Å². The Balaban J connectivity index is 1.55. The highest BCUT2D eigenvalue weighted by Crippen LogP contribution is 2.37. The van der Waals surface area contributed by atoms with E-state index in [1.807, 2.05) is 55.5 Å². The first kappa shape index (κ1) is 34.9. The molecule has 0 radical (unpaired) electrons. The lowest BCUT2D eigenvalue weighted by atomic mass is 9.90. The molecule has 1 amide bonds. The Labute approximate surface area is 274 Å². The maximum Gasteiger partial charge on any atom is 0.417 e. The van der Waals surface area contributed by atoms with Gasteiger partial charge in [0.2, 0.25) is 0 Å². The maximum absolute atomic E-state index is 13.7. The zero-order valence-electron chi connectivity index (χ0n) is 26.5. The molecule has 0 saturated heterocycles. The van der Waals surface area contributed by atoms with Gasteiger partial charge in [-0.3, -0.25) is 10.2 Å². The molecule has 0 atom stereocenters. The van der Waals surface area contributed by atoms with Crippen molar-refractivity contribution in [3.05, 3.63) is 130 Å². The van der Waals surface area contributed by atoms with Crippen LogP contribution in [0.2, 0.25) is 5.02 Å². The number of carbonyl (C=O) groups excluding carboxylic acids is 1. The Morgan fingerprint density at radius 2 is 1.52 bits per heavy atom. The summed E-state index contributed by atoms with van der Waals surface area (Å²) < 4.78 is 52.6. The van der Waals surface area contributed by atoms with Crippen molar-refractivity contribution >= 4 is 23.4 Å². The summed E-state index contributed by atoms with van der Waals surface area (Å²) in [5.74, 6) is 0.471. The lowest BCUT2D eigenvalue weighted by Gasteiger charge is -2.29. The fraction of sp³-hybridized carbons (Fsp3) is 0.324. The van der Waals surface area contributed by atoms with Crippen molar-refractivity contribution in [3.63, 3.8) is 0 Å². The van der Waals surface area contributed by atoms with Crippen LogP contribution in [0.3, 0.4) is 0 Å². The van der Waals surface area contributed by atoms with E-state index in [0.717, 1.165) is 22.8 Å². The standard InChI is InChI=1S/C37H40ClF3N2O3/c1-26-19-20-32(42-35(44)46-36(2,3)4)33(23-26)45-22-12-21-43(24-29-17-11-18-31(34(29)38)37(39,40)41)25-30(27-13-7-5-8-14-27)28-15-9-6-10-16-28/h5-11,13-20,23,30H,12,21-22,24-25H2,1-4H3,(H,42,44). The van der Waals surface area contributed by atoms with Crippen molar-refractivity contribution in [2.24, 2.45) is 0 Å². The fourth-order valence-corrected chi connectivity index (χ4v) is 5.46. The van der Waals surface area contributed by atoms with Gasteiger partial charge in [-0.05, 0) is 74.6 Å². The van der Waals surface area contributed by atoms with Crippen LogP contribution in [0.1, 0.15) is 60.9 Å². The Bertz CT molecular complexity index is 1540. The SMILES string of the molecule is Cc1ccc(NC(=O)OC(C)(C)C)c(OCCCN(Cc2cccc(C(F)(F)F)c2Cl)CC(c2ccccc2)c2ccccc2)c1. The molecule has 1 N–H and O–H groups in total. The molecular formula is C37H40ClF3N2O3. The van der Waals surface area contributed by atoms with E-state index in [2.05, 4.69) is 34.5 Å². The number of nitrogens with one attached hydrogen (secondary N) is 1. The summed E-state index contributed by atoms with van der Waals surface area (Å²) in [7, 11) is 0. The number of benzene rings is 4. The molecule has 4 aromatic carbocycles. The quantitative estimate of drug-likeness (QED) is 0.155. The highest BCUT2D eigenvalue weighted by atomic mass is 35.5. The van der Waals surface area contributed by atoms with Crippen molar-refractivity contribution in [1.82, 2.24) is 4.90 Å². The summed E-state index contributed by atoms with van der Waals surface area (Å²) in [5, 5.41) is 2.47. The molecule has 0 unspecified atom stereocenters. The first-order valence-corrected chi connectivity index (χ1v) is 15.6. The molecule has 0 aliphatic carbocycles. The Morgan fingerprint density at radius 1 is 0.891 bits per heavy atom. The van der Waals surface area contributed by atoms with Gasteiger partial charge in [0, 0.05) is 25.6 Å². The van der Waals surface area contributed by atoms with E-state index in [1.165, 1.54) is 6.07 Å².